The van der Waals surface area contributed by atoms with E-state index in [1.54, 1.807) is 0 Å². The normalized spacial score (nSPS) is 15.6. The molecule has 0 rings (SSSR count). The Hall–Kier alpha value is 0.354. The van der Waals surface area contributed by atoms with Gasteiger partial charge in [-0.2, -0.15) is 0 Å². The monoisotopic (exact) mass is 233 g/mol. The molecule has 0 aliphatic heterocycles. The summed E-state index contributed by atoms with van der Waals surface area (Å²) in [5.41, 5.74) is 6.00. The van der Waals surface area contributed by atoms with E-state index >= 15 is 0 Å². The molecule has 0 aromatic rings. The Morgan fingerprint density at radius 1 is 1.14 bits per heavy atom. The molecule has 0 heterocycles. The largest absolute Gasteiger partial charge is 0.418 e. The van der Waals surface area contributed by atoms with Gasteiger partial charge in [0, 0.05) is 5.73 Å². The van der Waals surface area contributed by atoms with Gasteiger partial charge in [-0.25, -0.2) is 0 Å². The van der Waals surface area contributed by atoms with E-state index in [2.05, 4.69) is 39.7 Å². The highest BCUT2D eigenvalue weighted by Gasteiger charge is 2.30. The third kappa shape index (κ3) is 5.95. The number of hydrogen-bond acceptors (Lipinski definition) is 2. The molecule has 0 radical (unpaired) electrons. The van der Waals surface area contributed by atoms with E-state index in [0.717, 1.165) is 13.0 Å². The van der Waals surface area contributed by atoms with Gasteiger partial charge in [0.15, 0.2) is 8.32 Å². The molecular formula is C10H27NOSi2. The summed E-state index contributed by atoms with van der Waals surface area (Å²) >= 11 is 0. The fraction of sp³-hybridized carbons (Fsp3) is 1.00. The van der Waals surface area contributed by atoms with Gasteiger partial charge >= 0.3 is 0 Å². The van der Waals surface area contributed by atoms with Gasteiger partial charge in [-0.3, -0.25) is 0 Å². The maximum absolute atomic E-state index is 6.25. The molecule has 1 atom stereocenters. The smallest absolute Gasteiger partial charge is 0.186 e. The molecule has 0 aliphatic carbocycles. The van der Waals surface area contributed by atoms with Gasteiger partial charge in [-0.1, -0.05) is 19.6 Å². The molecular weight excluding hydrogens is 206 g/mol. The minimum Gasteiger partial charge on any atom is -0.418 e. The van der Waals surface area contributed by atoms with Crippen LogP contribution in [0, 0.1) is 0 Å². The highest BCUT2D eigenvalue weighted by atomic mass is 28.4. The van der Waals surface area contributed by atoms with Crippen LogP contribution >= 0.6 is 0 Å². The SMILES string of the molecule is CC(O[Si](C)(C)CCCN)[Si](C)(C)C. The van der Waals surface area contributed by atoms with Crippen molar-refractivity contribution in [2.75, 3.05) is 6.54 Å². The van der Waals surface area contributed by atoms with Crippen LogP contribution in [0.1, 0.15) is 13.3 Å². The molecule has 0 fully saturated rings. The van der Waals surface area contributed by atoms with Crippen LogP contribution in [-0.4, -0.2) is 28.7 Å². The van der Waals surface area contributed by atoms with Crippen LogP contribution in [0.15, 0.2) is 0 Å². The molecule has 0 aromatic carbocycles. The zero-order valence-corrected chi connectivity index (χ0v) is 12.7. The second-order valence-electron chi connectivity index (χ2n) is 5.78. The Balaban J connectivity index is 4.08. The van der Waals surface area contributed by atoms with E-state index in [-0.39, 0.29) is 0 Å². The third-order valence-corrected chi connectivity index (χ3v) is 8.04. The molecule has 4 heteroatoms. The molecule has 0 saturated heterocycles. The Bertz CT molecular complexity index is 166. The maximum Gasteiger partial charge on any atom is 0.186 e. The molecule has 0 aromatic heterocycles. The first-order valence-corrected chi connectivity index (χ1v) is 12.3. The quantitative estimate of drug-likeness (QED) is 0.716. The van der Waals surface area contributed by atoms with E-state index in [9.17, 15) is 0 Å². The predicted molar refractivity (Wildman–Crippen MR) is 69.9 cm³/mol. The van der Waals surface area contributed by atoms with Crippen LogP contribution in [0.3, 0.4) is 0 Å². The van der Waals surface area contributed by atoms with Crippen molar-refractivity contribution in [3.63, 3.8) is 0 Å². The number of hydrogen-bond donors (Lipinski definition) is 1. The van der Waals surface area contributed by atoms with Crippen molar-refractivity contribution in [3.8, 4) is 0 Å². The first-order valence-electron chi connectivity index (χ1n) is 5.57. The minimum atomic E-state index is -1.44. The summed E-state index contributed by atoms with van der Waals surface area (Å²) in [6.07, 6.45) is 1.11. The maximum atomic E-state index is 6.25. The molecule has 1 unspecified atom stereocenters. The van der Waals surface area contributed by atoms with Crippen molar-refractivity contribution in [2.24, 2.45) is 5.73 Å². The van der Waals surface area contributed by atoms with E-state index in [0.29, 0.717) is 5.73 Å². The van der Waals surface area contributed by atoms with Gasteiger partial charge < -0.3 is 10.2 Å². The van der Waals surface area contributed by atoms with Crippen LogP contribution in [0.25, 0.3) is 0 Å². The van der Waals surface area contributed by atoms with Crippen LogP contribution in [0.4, 0.5) is 0 Å². The lowest BCUT2D eigenvalue weighted by atomic mass is 10.5. The number of rotatable bonds is 6. The summed E-state index contributed by atoms with van der Waals surface area (Å²) in [5.74, 6) is 0. The highest BCUT2D eigenvalue weighted by Crippen LogP contribution is 2.20. The Kier molecular flexibility index (Phi) is 5.58. The molecule has 86 valence electrons. The zero-order chi connectivity index (χ0) is 11.4. The topological polar surface area (TPSA) is 35.2 Å². The Morgan fingerprint density at radius 3 is 2.00 bits per heavy atom. The average molecular weight is 234 g/mol. The molecule has 0 saturated carbocycles. The van der Waals surface area contributed by atoms with Crippen molar-refractivity contribution in [1.29, 1.82) is 0 Å². The lowest BCUT2D eigenvalue weighted by Crippen LogP contribution is -2.45. The first kappa shape index (κ1) is 14.4. The minimum absolute atomic E-state index is 0.474. The van der Waals surface area contributed by atoms with E-state index < -0.39 is 16.4 Å². The van der Waals surface area contributed by atoms with Crippen molar-refractivity contribution in [1.82, 2.24) is 0 Å². The average Bonchev–Trinajstić information content (AvgIpc) is 1.98. The Labute approximate surface area is 91.4 Å². The van der Waals surface area contributed by atoms with Crippen LogP contribution in [-0.2, 0) is 4.43 Å². The van der Waals surface area contributed by atoms with Gasteiger partial charge in [0.1, 0.15) is 0 Å². The Morgan fingerprint density at radius 2 is 1.64 bits per heavy atom. The third-order valence-electron chi connectivity index (χ3n) is 2.70. The summed E-state index contributed by atoms with van der Waals surface area (Å²) < 4.78 is 6.25. The van der Waals surface area contributed by atoms with Crippen molar-refractivity contribution in [3.05, 3.63) is 0 Å². The van der Waals surface area contributed by atoms with Crippen molar-refractivity contribution < 1.29 is 4.43 Å². The van der Waals surface area contributed by atoms with E-state index in [1.807, 2.05) is 0 Å². The summed E-state index contributed by atoms with van der Waals surface area (Å²) in [6, 6.07) is 1.19. The van der Waals surface area contributed by atoms with Gasteiger partial charge in [0.25, 0.3) is 0 Å². The highest BCUT2D eigenvalue weighted by molar-refractivity contribution is 6.79. The fourth-order valence-electron chi connectivity index (χ4n) is 1.24. The summed E-state index contributed by atoms with van der Waals surface area (Å²) in [6.45, 7) is 14.7. The standard InChI is InChI=1S/C10H27NOSi2/c1-10(13(2,3)4)12-14(5,6)9-7-8-11/h10H,7-9,11H2,1-6H3. The molecule has 0 spiro atoms. The van der Waals surface area contributed by atoms with Gasteiger partial charge in [0.05, 0.1) is 8.07 Å². The van der Waals surface area contributed by atoms with Crippen molar-refractivity contribution in [2.45, 2.75) is 57.9 Å². The predicted octanol–water partition coefficient (Wildman–Crippen LogP) is 2.82. The first-order chi connectivity index (χ1) is 6.19. The molecule has 2 nitrogen and oxygen atoms in total. The molecule has 14 heavy (non-hydrogen) atoms. The van der Waals surface area contributed by atoms with E-state index in [4.69, 9.17) is 10.2 Å². The number of nitrogens with two attached hydrogens (primary N) is 1. The van der Waals surface area contributed by atoms with E-state index in [1.165, 1.54) is 6.04 Å². The summed E-state index contributed by atoms with van der Waals surface area (Å²) in [4.78, 5) is 0. The second kappa shape index (κ2) is 5.44. The molecule has 2 N–H and O–H groups in total. The lowest BCUT2D eigenvalue weighted by Gasteiger charge is -2.33. The fourth-order valence-corrected chi connectivity index (χ4v) is 5.74. The van der Waals surface area contributed by atoms with Gasteiger partial charge in [-0.15, -0.1) is 0 Å². The van der Waals surface area contributed by atoms with Crippen molar-refractivity contribution >= 4 is 16.4 Å². The second-order valence-corrected chi connectivity index (χ2v) is 15.6. The summed E-state index contributed by atoms with van der Waals surface area (Å²) in [5, 5.41) is 0. The lowest BCUT2D eigenvalue weighted by molar-refractivity contribution is 0.277. The van der Waals surface area contributed by atoms with Crippen LogP contribution < -0.4 is 5.73 Å². The van der Waals surface area contributed by atoms with Crippen LogP contribution in [0.5, 0.6) is 0 Å². The molecule has 0 amide bonds. The van der Waals surface area contributed by atoms with Gasteiger partial charge in [0.2, 0.25) is 0 Å². The summed E-state index contributed by atoms with van der Waals surface area (Å²) in [7, 11) is -2.57. The molecule has 0 bridgehead atoms. The van der Waals surface area contributed by atoms with Crippen LogP contribution in [0.2, 0.25) is 38.8 Å². The zero-order valence-electron chi connectivity index (χ0n) is 10.7. The molecule has 0 aliphatic rings. The van der Waals surface area contributed by atoms with Gasteiger partial charge in [-0.05, 0) is 39.0 Å².